The summed E-state index contributed by atoms with van der Waals surface area (Å²) in [4.78, 5) is 23.6. The Morgan fingerprint density at radius 1 is 1.11 bits per heavy atom. The van der Waals surface area contributed by atoms with Crippen molar-refractivity contribution >= 4 is 23.1 Å². The molecular formula is C21H24N4O2. The maximum absolute atomic E-state index is 12.7. The molecule has 6 nitrogen and oxygen atoms in total. The lowest BCUT2D eigenvalue weighted by Gasteiger charge is -2.26. The largest absolute Gasteiger partial charge is 0.469 e. The molecule has 2 aromatic rings. The number of likely N-dealkylation sites (tertiary alicyclic amines) is 1. The van der Waals surface area contributed by atoms with Gasteiger partial charge in [0.2, 0.25) is 0 Å². The first-order chi connectivity index (χ1) is 13.2. The van der Waals surface area contributed by atoms with Crippen LogP contribution >= 0.6 is 0 Å². The minimum atomic E-state index is 0.0613. The van der Waals surface area contributed by atoms with Crippen molar-refractivity contribution in [1.29, 1.82) is 0 Å². The molecule has 4 heterocycles. The molecule has 0 spiro atoms. The molecule has 0 aliphatic carbocycles. The zero-order valence-electron chi connectivity index (χ0n) is 15.6. The molecule has 3 aliphatic heterocycles. The lowest BCUT2D eigenvalue weighted by atomic mass is 10.1. The van der Waals surface area contributed by atoms with Gasteiger partial charge in [-0.3, -0.25) is 9.69 Å². The van der Waals surface area contributed by atoms with Crippen molar-refractivity contribution in [3.63, 3.8) is 0 Å². The maximum Gasteiger partial charge on any atom is 0.255 e. The summed E-state index contributed by atoms with van der Waals surface area (Å²) >= 11 is 0. The van der Waals surface area contributed by atoms with Gasteiger partial charge in [0.05, 0.1) is 5.56 Å². The molecule has 140 valence electrons. The Labute approximate surface area is 159 Å². The van der Waals surface area contributed by atoms with Crippen LogP contribution < -0.4 is 14.5 Å². The Kier molecular flexibility index (Phi) is 3.92. The molecule has 1 aromatic carbocycles. The number of ether oxygens (including phenoxy) is 1. The van der Waals surface area contributed by atoms with Crippen LogP contribution in [0.3, 0.4) is 0 Å². The van der Waals surface area contributed by atoms with Gasteiger partial charge in [-0.05, 0) is 49.4 Å². The second-order valence-corrected chi connectivity index (χ2v) is 7.58. The highest BCUT2D eigenvalue weighted by Gasteiger charge is 2.28. The van der Waals surface area contributed by atoms with Crippen LogP contribution in [-0.2, 0) is 6.42 Å². The summed E-state index contributed by atoms with van der Waals surface area (Å²) in [6, 6.07) is 8.37. The van der Waals surface area contributed by atoms with Crippen LogP contribution in [0.25, 0.3) is 0 Å². The van der Waals surface area contributed by atoms with E-state index in [0.29, 0.717) is 18.0 Å². The first kappa shape index (κ1) is 16.4. The van der Waals surface area contributed by atoms with Crippen molar-refractivity contribution in [3.8, 4) is 5.75 Å². The minimum absolute atomic E-state index is 0.0613. The van der Waals surface area contributed by atoms with Crippen molar-refractivity contribution in [1.82, 2.24) is 9.88 Å². The van der Waals surface area contributed by atoms with E-state index in [1.54, 1.807) is 6.20 Å². The zero-order valence-corrected chi connectivity index (χ0v) is 15.6. The molecule has 0 atom stereocenters. The number of pyridine rings is 1. The molecule has 0 bridgehead atoms. The van der Waals surface area contributed by atoms with Crippen LogP contribution in [0.15, 0.2) is 30.5 Å². The number of piperidine rings is 1. The van der Waals surface area contributed by atoms with Gasteiger partial charge in [0.25, 0.3) is 5.91 Å². The van der Waals surface area contributed by atoms with Crippen LogP contribution in [-0.4, -0.2) is 49.2 Å². The molecule has 0 N–H and O–H groups in total. The van der Waals surface area contributed by atoms with Crippen LogP contribution in [0.5, 0.6) is 5.75 Å². The summed E-state index contributed by atoms with van der Waals surface area (Å²) in [5, 5.41) is 0. The third kappa shape index (κ3) is 2.80. The standard InChI is InChI=1S/C21H24N4O2/c1-23-10-7-15-5-6-17(12-18(15)23)25-14-27-19-11-16(13-22-20(19)25)21(26)24-8-3-2-4-9-24/h5-6,11-13H,2-4,7-10,14H2,1H3. The molecule has 0 unspecified atom stereocenters. The number of likely N-dealkylation sites (N-methyl/N-ethyl adjacent to an activating group) is 1. The zero-order chi connectivity index (χ0) is 18.4. The summed E-state index contributed by atoms with van der Waals surface area (Å²) < 4.78 is 5.87. The van der Waals surface area contributed by atoms with E-state index < -0.39 is 0 Å². The van der Waals surface area contributed by atoms with Crippen LogP contribution in [0, 0.1) is 0 Å². The third-order valence-electron chi connectivity index (χ3n) is 5.84. The molecule has 1 fully saturated rings. The number of hydrogen-bond donors (Lipinski definition) is 0. The summed E-state index contributed by atoms with van der Waals surface area (Å²) in [5.74, 6) is 1.53. The van der Waals surface area contributed by atoms with Crippen LogP contribution in [0.1, 0.15) is 35.2 Å². The molecule has 0 saturated carbocycles. The molecule has 0 radical (unpaired) electrons. The summed E-state index contributed by atoms with van der Waals surface area (Å²) in [5.41, 5.74) is 4.35. The Morgan fingerprint density at radius 2 is 1.96 bits per heavy atom. The number of aromatic nitrogens is 1. The number of amides is 1. The Morgan fingerprint density at radius 3 is 2.81 bits per heavy atom. The minimum Gasteiger partial charge on any atom is -0.469 e. The van der Waals surface area contributed by atoms with Gasteiger partial charge in [0.15, 0.2) is 18.3 Å². The van der Waals surface area contributed by atoms with Gasteiger partial charge in [-0.1, -0.05) is 6.07 Å². The van der Waals surface area contributed by atoms with Gasteiger partial charge in [-0.15, -0.1) is 0 Å². The monoisotopic (exact) mass is 364 g/mol. The van der Waals surface area contributed by atoms with Gasteiger partial charge in [-0.2, -0.15) is 0 Å². The van der Waals surface area contributed by atoms with E-state index in [1.165, 1.54) is 17.7 Å². The summed E-state index contributed by atoms with van der Waals surface area (Å²) in [7, 11) is 2.13. The quantitative estimate of drug-likeness (QED) is 0.819. The predicted molar refractivity (Wildman–Crippen MR) is 105 cm³/mol. The second-order valence-electron chi connectivity index (χ2n) is 7.58. The Hall–Kier alpha value is -2.76. The smallest absolute Gasteiger partial charge is 0.255 e. The van der Waals surface area contributed by atoms with Crippen molar-refractivity contribution in [3.05, 3.63) is 41.6 Å². The number of nitrogens with zero attached hydrogens (tertiary/aromatic N) is 4. The first-order valence-corrected chi connectivity index (χ1v) is 9.74. The Balaban J connectivity index is 1.41. The number of rotatable bonds is 2. The fraction of sp³-hybridized carbons (Fsp3) is 0.429. The number of carbonyl (C=O) groups is 1. The topological polar surface area (TPSA) is 48.9 Å². The summed E-state index contributed by atoms with van der Waals surface area (Å²) in [6.07, 6.45) is 6.17. The van der Waals surface area contributed by atoms with Crippen LogP contribution in [0.2, 0.25) is 0 Å². The number of fused-ring (bicyclic) bond motifs is 2. The number of anilines is 3. The number of hydrogen-bond acceptors (Lipinski definition) is 5. The number of benzene rings is 1. The molecular weight excluding hydrogens is 340 g/mol. The molecule has 1 amide bonds. The summed E-state index contributed by atoms with van der Waals surface area (Å²) in [6.45, 7) is 3.16. The molecule has 1 aromatic heterocycles. The normalized spacial score (nSPS) is 18.3. The van der Waals surface area contributed by atoms with E-state index in [1.807, 2.05) is 11.0 Å². The SMILES string of the molecule is CN1CCc2ccc(N3COc4cc(C(=O)N5CCCCC5)cnc43)cc21. The fourth-order valence-corrected chi connectivity index (χ4v) is 4.23. The lowest BCUT2D eigenvalue weighted by molar-refractivity contribution is 0.0723. The van der Waals surface area contributed by atoms with Crippen LogP contribution in [0.4, 0.5) is 17.2 Å². The van der Waals surface area contributed by atoms with Crippen molar-refractivity contribution in [2.24, 2.45) is 0 Å². The predicted octanol–water partition coefficient (Wildman–Crippen LogP) is 3.19. The van der Waals surface area contributed by atoms with Crippen molar-refractivity contribution in [2.45, 2.75) is 25.7 Å². The molecule has 3 aliphatic rings. The van der Waals surface area contributed by atoms with Gasteiger partial charge in [0, 0.05) is 44.3 Å². The highest BCUT2D eigenvalue weighted by Crippen LogP contribution is 2.40. The highest BCUT2D eigenvalue weighted by molar-refractivity contribution is 5.95. The average Bonchev–Trinajstić information content (AvgIpc) is 3.31. The van der Waals surface area contributed by atoms with Gasteiger partial charge < -0.3 is 14.5 Å². The van der Waals surface area contributed by atoms with Crippen molar-refractivity contribution < 1.29 is 9.53 Å². The molecule has 1 saturated heterocycles. The Bertz CT molecular complexity index is 892. The first-order valence-electron chi connectivity index (χ1n) is 9.74. The van der Waals surface area contributed by atoms with Gasteiger partial charge >= 0.3 is 0 Å². The molecule has 27 heavy (non-hydrogen) atoms. The number of carbonyl (C=O) groups excluding carboxylic acids is 1. The van der Waals surface area contributed by atoms with E-state index in [-0.39, 0.29) is 5.91 Å². The van der Waals surface area contributed by atoms with E-state index in [2.05, 4.69) is 40.0 Å². The van der Waals surface area contributed by atoms with Gasteiger partial charge in [-0.25, -0.2) is 4.98 Å². The average molecular weight is 364 g/mol. The highest BCUT2D eigenvalue weighted by atomic mass is 16.5. The van der Waals surface area contributed by atoms with E-state index >= 15 is 0 Å². The van der Waals surface area contributed by atoms with E-state index in [4.69, 9.17) is 4.74 Å². The fourth-order valence-electron chi connectivity index (χ4n) is 4.23. The molecule has 5 rings (SSSR count). The second kappa shape index (κ2) is 6.44. The van der Waals surface area contributed by atoms with Crippen molar-refractivity contribution in [2.75, 3.05) is 43.2 Å². The van der Waals surface area contributed by atoms with E-state index in [9.17, 15) is 4.79 Å². The van der Waals surface area contributed by atoms with Gasteiger partial charge in [0.1, 0.15) is 0 Å². The third-order valence-corrected chi connectivity index (χ3v) is 5.84. The molecule has 6 heteroatoms. The lowest BCUT2D eigenvalue weighted by Crippen LogP contribution is -2.35. The van der Waals surface area contributed by atoms with E-state index in [0.717, 1.165) is 50.4 Å². The maximum atomic E-state index is 12.7.